The quantitative estimate of drug-likeness (QED) is 0.787. The van der Waals surface area contributed by atoms with Crippen LogP contribution in [0.15, 0.2) is 36.9 Å². The molecule has 1 heterocycles. The van der Waals surface area contributed by atoms with Crippen LogP contribution >= 0.6 is 0 Å². The molecule has 0 bridgehead atoms. The molecule has 0 saturated heterocycles. The molecule has 0 radical (unpaired) electrons. The average molecular weight is 218 g/mol. The first-order valence-electron chi connectivity index (χ1n) is 5.00. The van der Waals surface area contributed by atoms with Crippen LogP contribution in [0.2, 0.25) is 0 Å². The number of hydrogen-bond acceptors (Lipinski definition) is 3. The SMILES string of the molecule is COc1cccc(Cn2ccnc2)c1OC. The molecule has 0 atom stereocenters. The van der Waals surface area contributed by atoms with Crippen LogP contribution in [0.1, 0.15) is 5.56 Å². The Hall–Kier alpha value is -1.97. The highest BCUT2D eigenvalue weighted by atomic mass is 16.5. The molecule has 4 heteroatoms. The van der Waals surface area contributed by atoms with E-state index in [-0.39, 0.29) is 0 Å². The fourth-order valence-corrected chi connectivity index (χ4v) is 1.66. The van der Waals surface area contributed by atoms with Gasteiger partial charge in [-0.2, -0.15) is 0 Å². The van der Waals surface area contributed by atoms with E-state index in [0.717, 1.165) is 23.6 Å². The Kier molecular flexibility index (Phi) is 3.10. The number of ether oxygens (including phenoxy) is 2. The molecular formula is C12H14N2O2. The maximum atomic E-state index is 5.36. The molecule has 0 fully saturated rings. The molecule has 0 aliphatic carbocycles. The molecule has 0 N–H and O–H groups in total. The van der Waals surface area contributed by atoms with E-state index < -0.39 is 0 Å². The maximum Gasteiger partial charge on any atom is 0.165 e. The zero-order chi connectivity index (χ0) is 11.4. The van der Waals surface area contributed by atoms with Gasteiger partial charge in [-0.25, -0.2) is 4.98 Å². The fraction of sp³-hybridized carbons (Fsp3) is 0.250. The lowest BCUT2D eigenvalue weighted by Crippen LogP contribution is -2.01. The molecule has 0 unspecified atom stereocenters. The largest absolute Gasteiger partial charge is 0.493 e. The molecule has 4 nitrogen and oxygen atoms in total. The third-order valence-electron chi connectivity index (χ3n) is 2.40. The number of imidazole rings is 1. The van der Waals surface area contributed by atoms with Crippen molar-refractivity contribution in [2.45, 2.75) is 6.54 Å². The van der Waals surface area contributed by atoms with Crippen molar-refractivity contribution >= 4 is 0 Å². The lowest BCUT2D eigenvalue weighted by molar-refractivity contribution is 0.351. The van der Waals surface area contributed by atoms with E-state index in [1.54, 1.807) is 26.7 Å². The molecule has 0 aliphatic heterocycles. The standard InChI is InChI=1S/C12H14N2O2/c1-15-11-5-3-4-10(12(11)16-2)8-14-7-6-13-9-14/h3-7,9H,8H2,1-2H3. The third-order valence-corrected chi connectivity index (χ3v) is 2.40. The van der Waals surface area contributed by atoms with E-state index >= 15 is 0 Å². The van der Waals surface area contributed by atoms with E-state index in [1.165, 1.54) is 0 Å². The minimum atomic E-state index is 0.723. The summed E-state index contributed by atoms with van der Waals surface area (Å²) in [5.41, 5.74) is 1.07. The van der Waals surface area contributed by atoms with Crippen molar-refractivity contribution in [1.29, 1.82) is 0 Å². The minimum Gasteiger partial charge on any atom is -0.493 e. The van der Waals surface area contributed by atoms with E-state index in [1.807, 2.05) is 29.0 Å². The van der Waals surface area contributed by atoms with Crippen LogP contribution in [-0.4, -0.2) is 23.8 Å². The van der Waals surface area contributed by atoms with E-state index in [9.17, 15) is 0 Å². The lowest BCUT2D eigenvalue weighted by atomic mass is 10.2. The van der Waals surface area contributed by atoms with Gasteiger partial charge < -0.3 is 14.0 Å². The van der Waals surface area contributed by atoms with Crippen LogP contribution in [0.3, 0.4) is 0 Å². The summed E-state index contributed by atoms with van der Waals surface area (Å²) in [4.78, 5) is 4.01. The highest BCUT2D eigenvalue weighted by Crippen LogP contribution is 2.30. The van der Waals surface area contributed by atoms with Gasteiger partial charge in [0.25, 0.3) is 0 Å². The average Bonchev–Trinajstić information content (AvgIpc) is 2.81. The summed E-state index contributed by atoms with van der Waals surface area (Å²) in [7, 11) is 3.29. The molecule has 16 heavy (non-hydrogen) atoms. The van der Waals surface area contributed by atoms with Crippen LogP contribution in [0, 0.1) is 0 Å². The van der Waals surface area contributed by atoms with Gasteiger partial charge in [0.2, 0.25) is 0 Å². The third kappa shape index (κ3) is 2.00. The predicted molar refractivity (Wildman–Crippen MR) is 60.9 cm³/mol. The van der Waals surface area contributed by atoms with Crippen LogP contribution < -0.4 is 9.47 Å². The van der Waals surface area contributed by atoms with Crippen molar-refractivity contribution in [3.8, 4) is 11.5 Å². The van der Waals surface area contributed by atoms with Crippen molar-refractivity contribution in [3.63, 3.8) is 0 Å². The van der Waals surface area contributed by atoms with Gasteiger partial charge in [-0.05, 0) is 6.07 Å². The lowest BCUT2D eigenvalue weighted by Gasteiger charge is -2.12. The molecule has 1 aromatic heterocycles. The predicted octanol–water partition coefficient (Wildman–Crippen LogP) is 1.95. The summed E-state index contributed by atoms with van der Waals surface area (Å²) in [6.45, 7) is 0.723. The monoisotopic (exact) mass is 218 g/mol. The van der Waals surface area contributed by atoms with Crippen molar-refractivity contribution in [1.82, 2.24) is 9.55 Å². The van der Waals surface area contributed by atoms with E-state index in [4.69, 9.17) is 9.47 Å². The Morgan fingerprint density at radius 1 is 1.25 bits per heavy atom. The number of nitrogens with zero attached hydrogens (tertiary/aromatic N) is 2. The molecule has 84 valence electrons. The highest BCUT2D eigenvalue weighted by molar-refractivity contribution is 5.46. The Morgan fingerprint density at radius 2 is 2.12 bits per heavy atom. The Balaban J connectivity index is 2.33. The summed E-state index contributed by atoms with van der Waals surface area (Å²) in [5.74, 6) is 1.53. The first kappa shape index (κ1) is 10.5. The van der Waals surface area contributed by atoms with Crippen LogP contribution in [-0.2, 0) is 6.54 Å². The van der Waals surface area contributed by atoms with Crippen LogP contribution in [0.25, 0.3) is 0 Å². The molecule has 0 aliphatic rings. The van der Waals surface area contributed by atoms with Crippen molar-refractivity contribution in [2.24, 2.45) is 0 Å². The maximum absolute atomic E-state index is 5.36. The minimum absolute atomic E-state index is 0.723. The molecule has 0 spiro atoms. The summed E-state index contributed by atoms with van der Waals surface area (Å²) < 4.78 is 12.6. The second kappa shape index (κ2) is 4.70. The highest BCUT2D eigenvalue weighted by Gasteiger charge is 2.09. The summed E-state index contributed by atoms with van der Waals surface area (Å²) in [5, 5.41) is 0. The van der Waals surface area contributed by atoms with Gasteiger partial charge in [-0.1, -0.05) is 12.1 Å². The van der Waals surface area contributed by atoms with Gasteiger partial charge >= 0.3 is 0 Å². The number of hydrogen-bond donors (Lipinski definition) is 0. The normalized spacial score (nSPS) is 10.1. The number of aromatic nitrogens is 2. The molecular weight excluding hydrogens is 204 g/mol. The number of rotatable bonds is 4. The van der Waals surface area contributed by atoms with Gasteiger partial charge in [-0.15, -0.1) is 0 Å². The number of benzene rings is 1. The number of methoxy groups -OCH3 is 2. The molecule has 0 saturated carbocycles. The number of para-hydroxylation sites is 1. The van der Waals surface area contributed by atoms with Gasteiger partial charge in [0.05, 0.1) is 27.1 Å². The first-order valence-corrected chi connectivity index (χ1v) is 5.00. The Labute approximate surface area is 94.4 Å². The molecule has 0 amide bonds. The zero-order valence-corrected chi connectivity index (χ0v) is 9.38. The fourth-order valence-electron chi connectivity index (χ4n) is 1.66. The van der Waals surface area contributed by atoms with Gasteiger partial charge in [0.1, 0.15) is 0 Å². The molecule has 2 rings (SSSR count). The van der Waals surface area contributed by atoms with Crippen LogP contribution in [0.5, 0.6) is 11.5 Å². The molecule has 2 aromatic rings. The Morgan fingerprint density at radius 3 is 2.75 bits per heavy atom. The van der Waals surface area contributed by atoms with Crippen molar-refractivity contribution in [3.05, 3.63) is 42.5 Å². The first-order chi connectivity index (χ1) is 7.85. The topological polar surface area (TPSA) is 36.3 Å². The van der Waals surface area contributed by atoms with E-state index in [2.05, 4.69) is 4.98 Å². The van der Waals surface area contributed by atoms with E-state index in [0.29, 0.717) is 0 Å². The van der Waals surface area contributed by atoms with Gasteiger partial charge in [-0.3, -0.25) is 0 Å². The zero-order valence-electron chi connectivity index (χ0n) is 9.38. The van der Waals surface area contributed by atoms with Crippen LogP contribution in [0.4, 0.5) is 0 Å². The van der Waals surface area contributed by atoms with Crippen molar-refractivity contribution < 1.29 is 9.47 Å². The summed E-state index contributed by atoms with van der Waals surface area (Å²) >= 11 is 0. The smallest absolute Gasteiger partial charge is 0.165 e. The molecule has 1 aromatic carbocycles. The summed E-state index contributed by atoms with van der Waals surface area (Å²) in [6.07, 6.45) is 5.45. The second-order valence-corrected chi connectivity index (χ2v) is 3.39. The second-order valence-electron chi connectivity index (χ2n) is 3.39. The van der Waals surface area contributed by atoms with Gasteiger partial charge in [0, 0.05) is 18.0 Å². The summed E-state index contributed by atoms with van der Waals surface area (Å²) in [6, 6.07) is 5.85. The van der Waals surface area contributed by atoms with Gasteiger partial charge in [0.15, 0.2) is 11.5 Å². The Bertz CT molecular complexity index is 452. The van der Waals surface area contributed by atoms with Crippen molar-refractivity contribution in [2.75, 3.05) is 14.2 Å².